The molecule has 2 aromatic rings. The summed E-state index contributed by atoms with van der Waals surface area (Å²) in [4.78, 5) is 25.3. The van der Waals surface area contributed by atoms with Gasteiger partial charge in [-0.05, 0) is 101 Å². The summed E-state index contributed by atoms with van der Waals surface area (Å²) < 4.78 is 0. The first kappa shape index (κ1) is 37.0. The Morgan fingerprint density at radius 2 is 1.37 bits per heavy atom. The monoisotopic (exact) mass is 693 g/mol. The summed E-state index contributed by atoms with van der Waals surface area (Å²) in [6.07, 6.45) is 6.08. The third-order valence-electron chi connectivity index (χ3n) is 7.75. The van der Waals surface area contributed by atoms with E-state index in [0.717, 1.165) is 83.9 Å². The lowest BCUT2D eigenvalue weighted by molar-refractivity contribution is -0.403. The van der Waals surface area contributed by atoms with E-state index in [9.17, 15) is 20.2 Å². The largest absolute Gasteiger partial charge is 0.378 e. The van der Waals surface area contributed by atoms with Crippen LogP contribution in [0.5, 0.6) is 0 Å². The lowest BCUT2D eigenvalue weighted by Crippen LogP contribution is -2.29. The van der Waals surface area contributed by atoms with Crippen molar-refractivity contribution in [2.75, 3.05) is 77.4 Å². The second-order valence-electron chi connectivity index (χ2n) is 12.3. The quantitative estimate of drug-likeness (QED) is 0.116. The molecule has 1 atom stereocenters. The first-order chi connectivity index (χ1) is 23.5. The number of hydrogen-bond acceptors (Lipinski definition) is 14. The first-order valence-electron chi connectivity index (χ1n) is 16.2. The molecule has 5 N–H and O–H groups in total. The van der Waals surface area contributed by atoms with Crippen LogP contribution in [0.1, 0.15) is 31.2 Å². The van der Waals surface area contributed by atoms with Crippen LogP contribution in [-0.4, -0.2) is 97.2 Å². The summed E-state index contributed by atoms with van der Waals surface area (Å²) in [6.45, 7) is 2.61. The molecule has 4 rings (SSSR count). The Balaban J connectivity index is 1.40. The van der Waals surface area contributed by atoms with Crippen molar-refractivity contribution in [1.29, 1.82) is 0 Å². The molecule has 2 aliphatic rings. The van der Waals surface area contributed by atoms with E-state index in [1.54, 1.807) is 11.8 Å². The van der Waals surface area contributed by atoms with Crippen LogP contribution in [0.2, 0.25) is 0 Å². The van der Waals surface area contributed by atoms with Crippen LogP contribution in [0.4, 0.5) is 17.1 Å². The van der Waals surface area contributed by atoms with E-state index in [-0.39, 0.29) is 6.04 Å². The highest BCUT2D eigenvalue weighted by atomic mass is 32.2. The van der Waals surface area contributed by atoms with Crippen LogP contribution in [0.3, 0.4) is 0 Å². The fourth-order valence-electron chi connectivity index (χ4n) is 5.32. The number of hydrazone groups is 1. The van der Waals surface area contributed by atoms with Crippen molar-refractivity contribution in [3.05, 3.63) is 109 Å². The Hall–Kier alpha value is -4.80. The highest BCUT2D eigenvalue weighted by molar-refractivity contribution is 8.17. The van der Waals surface area contributed by atoms with Crippen molar-refractivity contribution in [2.24, 2.45) is 5.10 Å². The minimum Gasteiger partial charge on any atom is -0.378 e. The first-order valence-corrected chi connectivity index (χ1v) is 17.0. The predicted molar refractivity (Wildman–Crippen MR) is 198 cm³/mol. The van der Waals surface area contributed by atoms with Gasteiger partial charge in [0.15, 0.2) is 11.6 Å². The number of anilines is 3. The minimum absolute atomic E-state index is 0.142. The van der Waals surface area contributed by atoms with Gasteiger partial charge in [0.1, 0.15) is 5.04 Å². The van der Waals surface area contributed by atoms with Crippen LogP contribution in [0.25, 0.3) is 0 Å². The summed E-state index contributed by atoms with van der Waals surface area (Å²) in [5, 5.41) is 47.2. The van der Waals surface area contributed by atoms with E-state index in [2.05, 4.69) is 26.6 Å². The van der Waals surface area contributed by atoms with Crippen LogP contribution >= 0.6 is 11.8 Å². The molecule has 264 valence electrons. The highest BCUT2D eigenvalue weighted by Gasteiger charge is 2.29. The van der Waals surface area contributed by atoms with Gasteiger partial charge in [-0.2, -0.15) is 5.10 Å². The van der Waals surface area contributed by atoms with Crippen LogP contribution < -0.4 is 26.6 Å². The molecule has 1 aliphatic heterocycles. The van der Waals surface area contributed by atoms with E-state index < -0.39 is 9.85 Å². The number of likely N-dealkylation sites (N-methyl/N-ethyl adjacent to an activating group) is 2. The lowest BCUT2D eigenvalue weighted by Gasteiger charge is -2.30. The second-order valence-corrected chi connectivity index (χ2v) is 13.3. The number of hydrogen-bond donors (Lipinski definition) is 5. The maximum atomic E-state index is 11.1. The van der Waals surface area contributed by atoms with Crippen molar-refractivity contribution < 1.29 is 9.85 Å². The van der Waals surface area contributed by atoms with E-state index in [0.29, 0.717) is 24.7 Å². The van der Waals surface area contributed by atoms with Crippen molar-refractivity contribution in [3.8, 4) is 0 Å². The molecule has 0 amide bonds. The smallest absolute Gasteiger partial charge is 0.274 e. The van der Waals surface area contributed by atoms with Crippen molar-refractivity contribution in [1.82, 2.24) is 25.4 Å². The van der Waals surface area contributed by atoms with Gasteiger partial charge in [-0.25, -0.2) is 0 Å². The van der Waals surface area contributed by atoms with Gasteiger partial charge in [-0.3, -0.25) is 25.2 Å². The maximum absolute atomic E-state index is 11.1. The summed E-state index contributed by atoms with van der Waals surface area (Å²) in [5.41, 5.74) is 4.72. The second kappa shape index (κ2) is 18.1. The Morgan fingerprint density at radius 3 is 1.88 bits per heavy atom. The Labute approximate surface area is 291 Å². The molecule has 0 radical (unpaired) electrons. The summed E-state index contributed by atoms with van der Waals surface area (Å²) in [6, 6.07) is 15.6. The molecule has 1 heterocycles. The number of thioether (sulfide) groups is 1. The SMILES string of the molecule is CN(C)CCN/C(=C\[N+](=O)[O-])Nc1ccc(NC2CCCC/C2=C2\SC(c3ccc(N/C(=C/[N+](=O)[O-])NCCN(C)C)cc3)=NN2C)cc1. The average molecular weight is 694 g/mol. The van der Waals surface area contributed by atoms with Gasteiger partial charge in [0, 0.05) is 55.9 Å². The van der Waals surface area contributed by atoms with E-state index in [4.69, 9.17) is 5.10 Å². The number of benzene rings is 2. The molecule has 1 fully saturated rings. The van der Waals surface area contributed by atoms with E-state index >= 15 is 0 Å². The fourth-order valence-corrected chi connectivity index (χ4v) is 6.47. The zero-order chi connectivity index (χ0) is 35.3. The third kappa shape index (κ3) is 12.0. The molecular weight excluding hydrogens is 647 g/mol. The molecule has 1 aliphatic carbocycles. The van der Waals surface area contributed by atoms with Crippen molar-refractivity contribution >= 4 is 33.9 Å². The predicted octanol–water partition coefficient (Wildman–Crippen LogP) is 4.57. The molecule has 0 saturated heterocycles. The van der Waals surface area contributed by atoms with E-state index in [1.807, 2.05) is 98.6 Å². The van der Waals surface area contributed by atoms with Gasteiger partial charge >= 0.3 is 0 Å². The van der Waals surface area contributed by atoms with Crippen LogP contribution in [-0.2, 0) is 0 Å². The lowest BCUT2D eigenvalue weighted by atomic mass is 9.90. The van der Waals surface area contributed by atoms with E-state index in [1.165, 1.54) is 5.57 Å². The van der Waals surface area contributed by atoms with Gasteiger partial charge in [-0.15, -0.1) is 0 Å². The zero-order valence-corrected chi connectivity index (χ0v) is 29.5. The third-order valence-corrected chi connectivity index (χ3v) is 8.98. The number of nitrogens with one attached hydrogen (secondary N) is 5. The average Bonchev–Trinajstić information content (AvgIpc) is 3.42. The number of nitro groups is 2. The topological polar surface area (TPSA) is 169 Å². The fraction of sp³-hybridized carbons (Fsp3) is 0.424. The van der Waals surface area contributed by atoms with Gasteiger partial charge < -0.3 is 36.4 Å². The molecule has 15 nitrogen and oxygen atoms in total. The molecule has 16 heteroatoms. The standard InChI is InChI=1S/C33H47N11O4S/c1-40(2)20-18-34-30(22-43(45)46)37-26-12-10-24(11-13-26)32-39-42(5)33(49-32)28-8-6-7-9-29(28)36-25-14-16-27(17-15-25)38-31(23-44(47)48)35-19-21-41(3)4/h10-17,22-23,29,34-38H,6-9,18-21H2,1-5H3/b30-22+,31-23+,33-28+. The number of rotatable bonds is 17. The van der Waals surface area contributed by atoms with Gasteiger partial charge in [-0.1, -0.05) is 18.6 Å². The van der Waals surface area contributed by atoms with Crippen molar-refractivity contribution in [3.63, 3.8) is 0 Å². The molecule has 1 unspecified atom stereocenters. The molecule has 0 bridgehead atoms. The summed E-state index contributed by atoms with van der Waals surface area (Å²) >= 11 is 1.65. The highest BCUT2D eigenvalue weighted by Crippen LogP contribution is 2.40. The molecular formula is C33H47N11O4S. The number of nitrogens with zero attached hydrogens (tertiary/aromatic N) is 6. The minimum atomic E-state index is -0.477. The molecule has 0 aromatic heterocycles. The Morgan fingerprint density at radius 1 is 0.857 bits per heavy atom. The Kier molecular flexibility index (Phi) is 13.7. The maximum Gasteiger partial charge on any atom is 0.274 e. The van der Waals surface area contributed by atoms with Gasteiger partial charge in [0.25, 0.3) is 12.4 Å². The molecule has 49 heavy (non-hydrogen) atoms. The molecule has 0 spiro atoms. The zero-order valence-electron chi connectivity index (χ0n) is 28.7. The Bertz CT molecular complexity index is 1560. The summed E-state index contributed by atoms with van der Waals surface area (Å²) in [5.74, 6) is 0.656. The van der Waals surface area contributed by atoms with Gasteiger partial charge in [0.2, 0.25) is 0 Å². The molecule has 1 saturated carbocycles. The van der Waals surface area contributed by atoms with Crippen LogP contribution in [0, 0.1) is 20.2 Å². The van der Waals surface area contributed by atoms with Crippen molar-refractivity contribution in [2.45, 2.75) is 31.7 Å². The van der Waals surface area contributed by atoms with Gasteiger partial charge in [0.05, 0.1) is 20.9 Å². The molecule has 2 aromatic carbocycles. The van der Waals surface area contributed by atoms with Crippen LogP contribution in [0.15, 0.2) is 88.3 Å². The summed E-state index contributed by atoms with van der Waals surface area (Å²) in [7, 11) is 9.76. The normalized spacial score (nSPS) is 18.4.